The van der Waals surface area contributed by atoms with Crippen LogP contribution in [0.4, 0.5) is 0 Å². The average molecular weight is 324 g/mol. The van der Waals surface area contributed by atoms with Gasteiger partial charge in [-0.05, 0) is 18.2 Å². The van der Waals surface area contributed by atoms with E-state index in [4.69, 9.17) is 13.9 Å². The van der Waals surface area contributed by atoms with Crippen molar-refractivity contribution in [1.82, 2.24) is 0 Å². The standard InChI is InChI=1S/C14H12O7S/c1-18-12-7-9(3-4-11(12)14(15)19-2)21-13-8-10(22(16)17)5-6-20-13/h3-8H,1-2H3. The van der Waals surface area contributed by atoms with Crippen LogP contribution in [-0.4, -0.2) is 28.6 Å². The van der Waals surface area contributed by atoms with Gasteiger partial charge in [-0.15, -0.1) is 0 Å². The van der Waals surface area contributed by atoms with Crippen LogP contribution in [0.3, 0.4) is 0 Å². The van der Waals surface area contributed by atoms with E-state index in [1.165, 1.54) is 50.8 Å². The van der Waals surface area contributed by atoms with Gasteiger partial charge >= 0.3 is 5.97 Å². The first-order valence-corrected chi connectivity index (χ1v) is 7.08. The molecule has 0 aliphatic heterocycles. The van der Waals surface area contributed by atoms with Gasteiger partial charge < -0.3 is 18.6 Å². The highest BCUT2D eigenvalue weighted by Gasteiger charge is 2.14. The number of carbonyl (C=O) groups excluding carboxylic acids is 1. The van der Waals surface area contributed by atoms with E-state index in [2.05, 4.69) is 4.74 Å². The summed E-state index contributed by atoms with van der Waals surface area (Å²) in [5.41, 5.74) is 0.240. The third-order valence-corrected chi connectivity index (χ3v) is 3.30. The summed E-state index contributed by atoms with van der Waals surface area (Å²) in [6.45, 7) is 0. The van der Waals surface area contributed by atoms with Crippen molar-refractivity contribution in [3.63, 3.8) is 0 Å². The van der Waals surface area contributed by atoms with Crippen molar-refractivity contribution in [2.24, 2.45) is 0 Å². The van der Waals surface area contributed by atoms with Crippen molar-refractivity contribution in [2.45, 2.75) is 0 Å². The molecular formula is C14H12O7S. The average Bonchev–Trinajstić information content (AvgIpc) is 2.54. The van der Waals surface area contributed by atoms with E-state index in [-0.39, 0.29) is 21.8 Å². The van der Waals surface area contributed by atoms with Crippen molar-refractivity contribution in [3.05, 3.63) is 46.7 Å². The van der Waals surface area contributed by atoms with Crippen LogP contribution in [0.15, 0.2) is 41.0 Å². The van der Waals surface area contributed by atoms with Gasteiger partial charge in [-0.2, -0.15) is 8.42 Å². The molecule has 0 saturated heterocycles. The Morgan fingerprint density at radius 1 is 1.14 bits per heavy atom. The van der Waals surface area contributed by atoms with Gasteiger partial charge in [-0.1, -0.05) is 0 Å². The van der Waals surface area contributed by atoms with Gasteiger partial charge in [0, 0.05) is 12.1 Å². The first-order valence-electron chi connectivity index (χ1n) is 6.00. The summed E-state index contributed by atoms with van der Waals surface area (Å²) >= 11 is 0. The highest BCUT2D eigenvalue weighted by atomic mass is 32.2. The van der Waals surface area contributed by atoms with Crippen LogP contribution in [0.2, 0.25) is 0 Å². The summed E-state index contributed by atoms with van der Waals surface area (Å²) in [7, 11) is 0.273. The molecule has 116 valence electrons. The molecule has 2 rings (SSSR count). The predicted molar refractivity (Wildman–Crippen MR) is 75.3 cm³/mol. The third-order valence-electron chi connectivity index (χ3n) is 2.67. The minimum atomic E-state index is -2.39. The lowest BCUT2D eigenvalue weighted by Crippen LogP contribution is -2.04. The Morgan fingerprint density at radius 2 is 1.91 bits per heavy atom. The van der Waals surface area contributed by atoms with Gasteiger partial charge in [0.1, 0.15) is 21.6 Å². The van der Waals surface area contributed by atoms with Crippen LogP contribution in [0.25, 0.3) is 0 Å². The smallest absolute Gasteiger partial charge is 0.341 e. The molecule has 1 aromatic carbocycles. The van der Waals surface area contributed by atoms with Gasteiger partial charge in [0.2, 0.25) is 10.3 Å². The number of benzene rings is 1. The Morgan fingerprint density at radius 3 is 2.55 bits per heavy atom. The van der Waals surface area contributed by atoms with Crippen LogP contribution in [0.1, 0.15) is 10.4 Å². The number of esters is 1. The Labute approximate surface area is 127 Å². The molecule has 22 heavy (non-hydrogen) atoms. The number of hydrogen-bond donors (Lipinski definition) is 0. The highest BCUT2D eigenvalue weighted by Crippen LogP contribution is 2.28. The fourth-order valence-electron chi connectivity index (χ4n) is 1.65. The molecule has 8 heteroatoms. The number of methoxy groups -OCH3 is 2. The van der Waals surface area contributed by atoms with Crippen molar-refractivity contribution in [3.8, 4) is 17.4 Å². The third kappa shape index (κ3) is 3.47. The van der Waals surface area contributed by atoms with Crippen molar-refractivity contribution < 1.29 is 31.8 Å². The van der Waals surface area contributed by atoms with E-state index >= 15 is 0 Å². The molecule has 0 bridgehead atoms. The predicted octanol–water partition coefficient (Wildman–Crippen LogP) is 2.28. The fraction of sp³-hybridized carbons (Fsp3) is 0.143. The Bertz CT molecular complexity index is 857. The fourth-order valence-corrected chi connectivity index (χ4v) is 2.01. The Kier molecular flexibility index (Phi) is 4.84. The maximum atomic E-state index is 11.6. The molecule has 0 aliphatic rings. The van der Waals surface area contributed by atoms with Crippen molar-refractivity contribution in [2.75, 3.05) is 14.2 Å². The Balaban J connectivity index is 2.37. The molecule has 0 amide bonds. The molecule has 0 radical (unpaired) electrons. The topological polar surface area (TPSA) is 92.0 Å². The van der Waals surface area contributed by atoms with E-state index in [9.17, 15) is 13.2 Å². The van der Waals surface area contributed by atoms with Gasteiger partial charge in [-0.25, -0.2) is 4.79 Å². The van der Waals surface area contributed by atoms with Crippen molar-refractivity contribution >= 4 is 16.3 Å². The van der Waals surface area contributed by atoms with Crippen LogP contribution >= 0.6 is 0 Å². The summed E-state index contributed by atoms with van der Waals surface area (Å²) in [4.78, 5) is 11.6. The lowest BCUT2D eigenvalue weighted by molar-refractivity contribution is 0.0597. The maximum absolute atomic E-state index is 11.6. The van der Waals surface area contributed by atoms with E-state index in [0.717, 1.165) is 0 Å². The monoisotopic (exact) mass is 324 g/mol. The molecule has 0 aliphatic carbocycles. The molecular weight excluding hydrogens is 312 g/mol. The molecule has 0 saturated carbocycles. The highest BCUT2D eigenvalue weighted by molar-refractivity contribution is 7.63. The van der Waals surface area contributed by atoms with Crippen molar-refractivity contribution in [1.29, 1.82) is 0 Å². The van der Waals surface area contributed by atoms with Gasteiger partial charge in [0.25, 0.3) is 5.95 Å². The first kappa shape index (κ1) is 15.6. The summed E-state index contributed by atoms with van der Waals surface area (Å²) in [6, 6.07) is 6.95. The normalized spacial score (nSPS) is 9.91. The van der Waals surface area contributed by atoms with Gasteiger partial charge in [-0.3, -0.25) is 0 Å². The van der Waals surface area contributed by atoms with E-state index in [1.54, 1.807) is 0 Å². The maximum Gasteiger partial charge on any atom is 0.341 e. The number of rotatable bonds is 4. The number of ether oxygens (including phenoxy) is 3. The second-order valence-corrected chi connectivity index (χ2v) is 4.92. The minimum Gasteiger partial charge on any atom is -0.496 e. The lowest BCUT2D eigenvalue weighted by atomic mass is 10.2. The summed E-state index contributed by atoms with van der Waals surface area (Å²) in [6.07, 6.45) is 1.19. The molecule has 0 fully saturated rings. The number of hydrogen-bond acceptors (Lipinski definition) is 7. The SMILES string of the molecule is COC(=O)c1ccc(Oc2cc(=S(=O)=O)cco2)cc1OC. The first-order chi connectivity index (χ1) is 10.5. The van der Waals surface area contributed by atoms with E-state index in [1.807, 2.05) is 0 Å². The zero-order valence-corrected chi connectivity index (χ0v) is 12.5. The summed E-state index contributed by atoms with van der Waals surface area (Å²) in [5, 5.41) is 0. The second-order valence-electron chi connectivity index (χ2n) is 3.98. The second kappa shape index (κ2) is 6.81. The van der Waals surface area contributed by atoms with E-state index < -0.39 is 16.3 Å². The van der Waals surface area contributed by atoms with Crippen LogP contribution < -0.4 is 9.47 Å². The van der Waals surface area contributed by atoms with Crippen LogP contribution in [-0.2, 0) is 15.0 Å². The summed E-state index contributed by atoms with van der Waals surface area (Å²) in [5.74, 6) is 0.00129. The molecule has 1 aromatic heterocycles. The molecule has 7 nitrogen and oxygen atoms in total. The van der Waals surface area contributed by atoms with Crippen LogP contribution in [0, 0.1) is 4.51 Å². The largest absolute Gasteiger partial charge is 0.496 e. The molecule has 0 spiro atoms. The lowest BCUT2D eigenvalue weighted by Gasteiger charge is -2.09. The Hall–Kier alpha value is -2.74. The zero-order valence-electron chi connectivity index (χ0n) is 11.7. The quantitative estimate of drug-likeness (QED) is 0.629. The van der Waals surface area contributed by atoms with E-state index in [0.29, 0.717) is 5.75 Å². The molecule has 0 N–H and O–H groups in total. The molecule has 0 atom stereocenters. The molecule has 1 heterocycles. The number of carbonyl (C=O) groups is 1. The molecule has 0 unspecified atom stereocenters. The molecule has 2 aromatic rings. The zero-order chi connectivity index (χ0) is 16.1. The van der Waals surface area contributed by atoms with Crippen LogP contribution in [0.5, 0.6) is 17.4 Å². The van der Waals surface area contributed by atoms with Gasteiger partial charge in [0.05, 0.1) is 20.5 Å². The van der Waals surface area contributed by atoms with Gasteiger partial charge in [0.15, 0.2) is 0 Å². The minimum absolute atomic E-state index is 0.0189. The summed E-state index contributed by atoms with van der Waals surface area (Å²) < 4.78 is 42.0.